The van der Waals surface area contributed by atoms with Crippen LogP contribution in [-0.2, 0) is 9.87 Å². The maximum atomic E-state index is 10.9. The van der Waals surface area contributed by atoms with Crippen LogP contribution in [0.4, 0.5) is 0 Å². The van der Waals surface area contributed by atoms with Gasteiger partial charge in [-0.25, -0.2) is 0 Å². The smallest absolute Gasteiger partial charge is 0.157 e. The SMILES string of the molecule is C=CC(O)(SC(O)(C=C)c1ccccc1)c1ccccc1. The molecule has 3 heteroatoms. The highest BCUT2D eigenvalue weighted by atomic mass is 32.2. The summed E-state index contributed by atoms with van der Waals surface area (Å²) in [5.74, 6) is 0. The fraction of sp³-hybridized carbons (Fsp3) is 0.111. The van der Waals surface area contributed by atoms with Gasteiger partial charge in [-0.15, -0.1) is 0 Å². The Balaban J connectivity index is 2.40. The summed E-state index contributed by atoms with van der Waals surface area (Å²) in [7, 11) is 0. The minimum atomic E-state index is -1.42. The predicted octanol–water partition coefficient (Wildman–Crippen LogP) is 3.78. The van der Waals surface area contributed by atoms with E-state index in [0.29, 0.717) is 11.1 Å². The molecule has 0 fully saturated rings. The highest BCUT2D eigenvalue weighted by Gasteiger charge is 2.38. The van der Waals surface area contributed by atoms with E-state index in [1.807, 2.05) is 36.4 Å². The zero-order chi connectivity index (χ0) is 15.3. The third-order valence-corrected chi connectivity index (χ3v) is 4.67. The third-order valence-electron chi connectivity index (χ3n) is 3.24. The molecule has 0 heterocycles. The van der Waals surface area contributed by atoms with Crippen molar-refractivity contribution in [1.29, 1.82) is 0 Å². The van der Waals surface area contributed by atoms with Crippen molar-refractivity contribution in [3.63, 3.8) is 0 Å². The molecule has 0 radical (unpaired) electrons. The van der Waals surface area contributed by atoms with Crippen LogP contribution in [0.1, 0.15) is 11.1 Å². The van der Waals surface area contributed by atoms with E-state index in [1.165, 1.54) is 12.2 Å². The van der Waals surface area contributed by atoms with Gasteiger partial charge in [0.1, 0.15) is 0 Å². The van der Waals surface area contributed by atoms with Crippen molar-refractivity contribution >= 4 is 11.8 Å². The van der Waals surface area contributed by atoms with E-state index in [4.69, 9.17) is 0 Å². The summed E-state index contributed by atoms with van der Waals surface area (Å²) in [5.41, 5.74) is 1.31. The number of aliphatic hydroxyl groups is 2. The Labute approximate surface area is 129 Å². The molecule has 0 bridgehead atoms. The average molecular weight is 298 g/mol. The molecular weight excluding hydrogens is 280 g/mol. The minimum absolute atomic E-state index is 0.654. The van der Waals surface area contributed by atoms with Gasteiger partial charge in [0.25, 0.3) is 0 Å². The molecule has 108 valence electrons. The maximum absolute atomic E-state index is 10.9. The van der Waals surface area contributed by atoms with Gasteiger partial charge < -0.3 is 10.2 Å². The Morgan fingerprint density at radius 3 is 1.33 bits per heavy atom. The summed E-state index contributed by atoms with van der Waals surface area (Å²) in [6, 6.07) is 18.3. The summed E-state index contributed by atoms with van der Waals surface area (Å²) in [4.78, 5) is -2.83. The molecule has 0 saturated carbocycles. The lowest BCUT2D eigenvalue weighted by Gasteiger charge is -2.33. The van der Waals surface area contributed by atoms with E-state index in [0.717, 1.165) is 11.8 Å². The summed E-state index contributed by atoms with van der Waals surface area (Å²) in [6.07, 6.45) is 2.84. The van der Waals surface area contributed by atoms with E-state index in [2.05, 4.69) is 13.2 Å². The first-order chi connectivity index (χ1) is 10.0. The van der Waals surface area contributed by atoms with Crippen molar-refractivity contribution in [1.82, 2.24) is 0 Å². The lowest BCUT2D eigenvalue weighted by Crippen LogP contribution is -2.28. The van der Waals surface area contributed by atoms with E-state index in [-0.39, 0.29) is 0 Å². The molecule has 0 spiro atoms. The Hall–Kier alpha value is -1.81. The number of thioether (sulfide) groups is 1. The second kappa shape index (κ2) is 6.31. The first-order valence-corrected chi connectivity index (χ1v) is 7.39. The fourth-order valence-corrected chi connectivity index (χ4v) is 3.18. The highest BCUT2D eigenvalue weighted by molar-refractivity contribution is 8.01. The van der Waals surface area contributed by atoms with Gasteiger partial charge in [-0.3, -0.25) is 0 Å². The van der Waals surface area contributed by atoms with Crippen molar-refractivity contribution in [2.75, 3.05) is 0 Å². The van der Waals surface area contributed by atoms with Crippen LogP contribution < -0.4 is 0 Å². The molecule has 2 atom stereocenters. The van der Waals surface area contributed by atoms with Crippen LogP contribution in [0.15, 0.2) is 86.0 Å². The van der Waals surface area contributed by atoms with Gasteiger partial charge in [0.05, 0.1) is 0 Å². The third kappa shape index (κ3) is 3.27. The largest absolute Gasteiger partial charge is 0.371 e. The topological polar surface area (TPSA) is 40.5 Å². The molecule has 0 amide bonds. The van der Waals surface area contributed by atoms with Gasteiger partial charge >= 0.3 is 0 Å². The predicted molar refractivity (Wildman–Crippen MR) is 88.7 cm³/mol. The Bertz CT molecular complexity index is 556. The molecule has 0 aliphatic heterocycles. The van der Waals surface area contributed by atoms with Gasteiger partial charge in [0.15, 0.2) is 9.87 Å². The Kier molecular flexibility index (Phi) is 4.68. The molecule has 0 saturated heterocycles. The molecule has 21 heavy (non-hydrogen) atoms. The summed E-state index contributed by atoms with van der Waals surface area (Å²) in [6.45, 7) is 7.41. The van der Waals surface area contributed by atoms with E-state index >= 15 is 0 Å². The molecule has 2 rings (SSSR count). The van der Waals surface area contributed by atoms with Crippen LogP contribution in [0.2, 0.25) is 0 Å². The maximum Gasteiger partial charge on any atom is 0.157 e. The molecule has 2 aromatic carbocycles. The minimum Gasteiger partial charge on any atom is -0.371 e. The summed E-state index contributed by atoms with van der Waals surface area (Å²) >= 11 is 0.976. The molecule has 0 aliphatic carbocycles. The number of rotatable bonds is 6. The van der Waals surface area contributed by atoms with Crippen molar-refractivity contribution in [2.24, 2.45) is 0 Å². The van der Waals surface area contributed by atoms with E-state index < -0.39 is 9.87 Å². The first-order valence-electron chi connectivity index (χ1n) is 6.57. The standard InChI is InChI=1S/C18H18O2S/c1-3-17(19,15-11-7-5-8-12-15)21-18(20,4-2)16-13-9-6-10-14-16/h3-14,19-20H,1-2H2. The Morgan fingerprint density at radius 2 is 1.05 bits per heavy atom. The second-order valence-corrected chi connectivity index (χ2v) is 6.08. The molecule has 2 N–H and O–H groups in total. The van der Waals surface area contributed by atoms with Gasteiger partial charge in [-0.05, 0) is 23.3 Å². The first kappa shape index (κ1) is 15.6. The highest BCUT2D eigenvalue weighted by Crippen LogP contribution is 2.47. The van der Waals surface area contributed by atoms with Crippen LogP contribution in [0, 0.1) is 0 Å². The van der Waals surface area contributed by atoms with Gasteiger partial charge in [-0.2, -0.15) is 0 Å². The monoisotopic (exact) mass is 298 g/mol. The molecule has 0 aromatic heterocycles. The molecule has 2 aromatic rings. The van der Waals surface area contributed by atoms with E-state index in [9.17, 15) is 10.2 Å². The average Bonchev–Trinajstić information content (AvgIpc) is 2.56. The molecule has 2 nitrogen and oxygen atoms in total. The van der Waals surface area contributed by atoms with Gasteiger partial charge in [0, 0.05) is 0 Å². The summed E-state index contributed by atoms with van der Waals surface area (Å²) < 4.78 is 0. The fourth-order valence-electron chi connectivity index (χ4n) is 2.03. The molecular formula is C18H18O2S. The lowest BCUT2D eigenvalue weighted by atomic mass is 10.1. The van der Waals surface area contributed by atoms with E-state index in [1.54, 1.807) is 24.3 Å². The van der Waals surface area contributed by atoms with Crippen LogP contribution in [0.25, 0.3) is 0 Å². The zero-order valence-corrected chi connectivity index (χ0v) is 12.5. The van der Waals surface area contributed by atoms with Crippen LogP contribution in [0.5, 0.6) is 0 Å². The second-order valence-electron chi connectivity index (χ2n) is 4.64. The number of hydrogen-bond acceptors (Lipinski definition) is 3. The van der Waals surface area contributed by atoms with Crippen LogP contribution in [0.3, 0.4) is 0 Å². The zero-order valence-electron chi connectivity index (χ0n) is 11.6. The van der Waals surface area contributed by atoms with Crippen LogP contribution >= 0.6 is 11.8 Å². The molecule has 0 aliphatic rings. The van der Waals surface area contributed by atoms with Crippen molar-refractivity contribution in [2.45, 2.75) is 9.87 Å². The Morgan fingerprint density at radius 1 is 0.714 bits per heavy atom. The molecule has 2 unspecified atom stereocenters. The van der Waals surface area contributed by atoms with Crippen molar-refractivity contribution in [3.05, 3.63) is 97.1 Å². The normalized spacial score (nSPS) is 16.5. The lowest BCUT2D eigenvalue weighted by molar-refractivity contribution is 0.156. The van der Waals surface area contributed by atoms with Gasteiger partial charge in [-0.1, -0.05) is 85.6 Å². The van der Waals surface area contributed by atoms with Crippen LogP contribution in [-0.4, -0.2) is 10.2 Å². The van der Waals surface area contributed by atoms with Gasteiger partial charge in [0.2, 0.25) is 0 Å². The number of hydrogen-bond donors (Lipinski definition) is 2. The summed E-state index contributed by atoms with van der Waals surface area (Å²) in [5, 5.41) is 21.7. The number of benzene rings is 2. The quantitative estimate of drug-likeness (QED) is 0.630. The van der Waals surface area contributed by atoms with Crippen molar-refractivity contribution in [3.8, 4) is 0 Å². The van der Waals surface area contributed by atoms with Crippen molar-refractivity contribution < 1.29 is 10.2 Å².